The molecule has 0 radical (unpaired) electrons. The fraction of sp³-hybridized carbons (Fsp3) is 0.273. The van der Waals surface area contributed by atoms with Gasteiger partial charge in [0, 0.05) is 0 Å². The molecule has 6 heteroatoms. The molecule has 1 fully saturated rings. The van der Waals surface area contributed by atoms with Crippen LogP contribution in [-0.2, 0) is 14.3 Å². The largest absolute Gasteiger partial charge is 0.506 e. The average molecular weight is 237 g/mol. The summed E-state index contributed by atoms with van der Waals surface area (Å²) in [6, 6.07) is 5.01. The number of phenols is 1. The maximum absolute atomic E-state index is 11.7. The molecular formula is C11H11NO5. The van der Waals surface area contributed by atoms with Crippen molar-refractivity contribution in [2.45, 2.75) is 6.04 Å². The van der Waals surface area contributed by atoms with Crippen LogP contribution >= 0.6 is 0 Å². The first kappa shape index (κ1) is 11.4. The molecule has 17 heavy (non-hydrogen) atoms. The van der Waals surface area contributed by atoms with Crippen LogP contribution in [0.1, 0.15) is 0 Å². The molecule has 1 aliphatic heterocycles. The second-order valence-electron chi connectivity index (χ2n) is 3.62. The van der Waals surface area contributed by atoms with Crippen LogP contribution in [0.2, 0.25) is 0 Å². The lowest BCUT2D eigenvalue weighted by Gasteiger charge is -2.32. The number of phenolic OH excluding ortho intramolecular Hbond substituents is 1. The van der Waals surface area contributed by atoms with E-state index in [0.29, 0.717) is 0 Å². The number of carbonyl (C=O) groups is 2. The third-order valence-corrected chi connectivity index (χ3v) is 2.51. The molecule has 0 saturated carbocycles. The lowest BCUT2D eigenvalue weighted by molar-refractivity contribution is -0.145. The summed E-state index contributed by atoms with van der Waals surface area (Å²) in [4.78, 5) is 23.8. The number of carbonyl (C=O) groups excluding carboxylic acids is 1. The van der Waals surface area contributed by atoms with Crippen molar-refractivity contribution in [3.8, 4) is 5.75 Å². The van der Waals surface area contributed by atoms with E-state index in [-0.39, 0.29) is 24.7 Å². The highest BCUT2D eigenvalue weighted by Crippen LogP contribution is 2.29. The predicted molar refractivity (Wildman–Crippen MR) is 57.8 cm³/mol. The van der Waals surface area contributed by atoms with Gasteiger partial charge in [-0.2, -0.15) is 0 Å². The minimum atomic E-state index is -1.17. The number of anilines is 1. The monoisotopic (exact) mass is 237 g/mol. The van der Waals surface area contributed by atoms with Crippen LogP contribution in [0.5, 0.6) is 5.75 Å². The molecule has 1 aliphatic rings. The van der Waals surface area contributed by atoms with Gasteiger partial charge in [-0.05, 0) is 12.1 Å². The van der Waals surface area contributed by atoms with Gasteiger partial charge in [-0.1, -0.05) is 12.1 Å². The summed E-state index contributed by atoms with van der Waals surface area (Å²) >= 11 is 0. The molecule has 1 heterocycles. The van der Waals surface area contributed by atoms with Gasteiger partial charge in [0.05, 0.1) is 12.3 Å². The zero-order valence-electron chi connectivity index (χ0n) is 8.87. The van der Waals surface area contributed by atoms with E-state index in [1.54, 1.807) is 12.1 Å². The summed E-state index contributed by atoms with van der Waals surface area (Å²) in [6.45, 7) is -0.270. The Morgan fingerprint density at radius 2 is 2.12 bits per heavy atom. The van der Waals surface area contributed by atoms with Crippen molar-refractivity contribution in [3.05, 3.63) is 24.3 Å². The lowest BCUT2D eigenvalue weighted by Crippen LogP contribution is -2.53. The molecule has 6 nitrogen and oxygen atoms in total. The zero-order chi connectivity index (χ0) is 12.4. The van der Waals surface area contributed by atoms with Gasteiger partial charge < -0.3 is 14.9 Å². The van der Waals surface area contributed by atoms with Crippen molar-refractivity contribution in [2.24, 2.45) is 0 Å². The van der Waals surface area contributed by atoms with Crippen molar-refractivity contribution in [1.29, 1.82) is 0 Å². The molecule has 0 aliphatic carbocycles. The van der Waals surface area contributed by atoms with E-state index >= 15 is 0 Å². The Morgan fingerprint density at radius 3 is 2.76 bits per heavy atom. The molecule has 1 saturated heterocycles. The number of rotatable bonds is 2. The molecule has 2 rings (SSSR count). The predicted octanol–water partition coefficient (Wildman–Crippen LogP) is 0.209. The summed E-state index contributed by atoms with van der Waals surface area (Å²) in [5.74, 6) is -1.78. The summed E-state index contributed by atoms with van der Waals surface area (Å²) in [5, 5.41) is 18.7. The summed E-state index contributed by atoms with van der Waals surface area (Å²) in [7, 11) is 0. The van der Waals surface area contributed by atoms with Gasteiger partial charge in [0.15, 0.2) is 6.04 Å². The van der Waals surface area contributed by atoms with Gasteiger partial charge in [0.25, 0.3) is 5.91 Å². The summed E-state index contributed by atoms with van der Waals surface area (Å²) < 4.78 is 4.89. The second-order valence-corrected chi connectivity index (χ2v) is 3.62. The first-order valence-corrected chi connectivity index (χ1v) is 5.02. The molecule has 1 amide bonds. The van der Waals surface area contributed by atoms with E-state index < -0.39 is 17.9 Å². The van der Waals surface area contributed by atoms with E-state index in [1.807, 2.05) is 0 Å². The van der Waals surface area contributed by atoms with Crippen molar-refractivity contribution in [3.63, 3.8) is 0 Å². The van der Waals surface area contributed by atoms with Gasteiger partial charge >= 0.3 is 5.97 Å². The second kappa shape index (κ2) is 4.42. The molecule has 1 unspecified atom stereocenters. The van der Waals surface area contributed by atoms with Crippen LogP contribution < -0.4 is 4.90 Å². The standard InChI is InChI=1S/C11H11NO5/c13-9-4-2-1-3-7(9)12-8(11(15)16)5-17-6-10(12)14/h1-4,8,13H,5-6H2,(H,15,16). The Bertz CT molecular complexity index is 459. The third kappa shape index (κ3) is 2.07. The third-order valence-electron chi connectivity index (χ3n) is 2.51. The Balaban J connectivity index is 2.42. The van der Waals surface area contributed by atoms with Gasteiger partial charge in [0.2, 0.25) is 0 Å². The number of hydrogen-bond acceptors (Lipinski definition) is 4. The molecule has 1 atom stereocenters. The Hall–Kier alpha value is -2.08. The van der Waals surface area contributed by atoms with Crippen LogP contribution in [0.3, 0.4) is 0 Å². The van der Waals surface area contributed by atoms with Crippen LogP contribution in [-0.4, -0.2) is 41.3 Å². The SMILES string of the molecule is O=C(O)C1COCC(=O)N1c1ccccc1O. The fourth-order valence-corrected chi connectivity index (χ4v) is 1.73. The average Bonchev–Trinajstić information content (AvgIpc) is 2.30. The highest BCUT2D eigenvalue weighted by molar-refractivity contribution is 6.01. The first-order valence-electron chi connectivity index (χ1n) is 5.02. The maximum atomic E-state index is 11.7. The number of aromatic hydroxyl groups is 1. The van der Waals surface area contributed by atoms with Crippen molar-refractivity contribution in [2.75, 3.05) is 18.1 Å². The van der Waals surface area contributed by atoms with Crippen LogP contribution in [0, 0.1) is 0 Å². The number of benzene rings is 1. The normalized spacial score (nSPS) is 20.4. The number of aliphatic carboxylic acids is 1. The van der Waals surface area contributed by atoms with E-state index in [0.717, 1.165) is 4.90 Å². The number of morpholine rings is 1. The van der Waals surface area contributed by atoms with Gasteiger partial charge in [-0.25, -0.2) is 4.79 Å². The van der Waals surface area contributed by atoms with E-state index in [2.05, 4.69) is 0 Å². The Labute approximate surface area is 97.0 Å². The molecule has 0 bridgehead atoms. The molecule has 90 valence electrons. The van der Waals surface area contributed by atoms with Crippen molar-refractivity contribution < 1.29 is 24.5 Å². The smallest absolute Gasteiger partial charge is 0.329 e. The van der Waals surface area contributed by atoms with Crippen LogP contribution in [0.25, 0.3) is 0 Å². The Kier molecular flexibility index (Phi) is 2.97. The van der Waals surface area contributed by atoms with E-state index in [1.165, 1.54) is 12.1 Å². The van der Waals surface area contributed by atoms with E-state index in [9.17, 15) is 14.7 Å². The zero-order valence-corrected chi connectivity index (χ0v) is 8.87. The number of carboxylic acids is 1. The molecular weight excluding hydrogens is 226 g/mol. The van der Waals surface area contributed by atoms with Crippen LogP contribution in [0.15, 0.2) is 24.3 Å². The number of para-hydroxylation sites is 2. The van der Waals surface area contributed by atoms with Crippen LogP contribution in [0.4, 0.5) is 5.69 Å². The quantitative estimate of drug-likeness (QED) is 0.767. The van der Waals surface area contributed by atoms with Crippen molar-refractivity contribution in [1.82, 2.24) is 0 Å². The minimum absolute atomic E-state index is 0.0879. The van der Waals surface area contributed by atoms with Crippen molar-refractivity contribution >= 4 is 17.6 Å². The molecule has 0 spiro atoms. The number of hydrogen-bond donors (Lipinski definition) is 2. The van der Waals surface area contributed by atoms with Gasteiger partial charge in [0.1, 0.15) is 12.4 Å². The topological polar surface area (TPSA) is 87.1 Å². The summed E-state index contributed by atoms with van der Waals surface area (Å²) in [5.41, 5.74) is 0.188. The van der Waals surface area contributed by atoms with Gasteiger partial charge in [-0.15, -0.1) is 0 Å². The molecule has 0 aromatic heterocycles. The maximum Gasteiger partial charge on any atom is 0.329 e. The molecule has 2 N–H and O–H groups in total. The first-order chi connectivity index (χ1) is 8.11. The van der Waals surface area contributed by atoms with Gasteiger partial charge in [-0.3, -0.25) is 9.69 Å². The molecule has 1 aromatic carbocycles. The minimum Gasteiger partial charge on any atom is -0.506 e. The molecule has 1 aromatic rings. The number of ether oxygens (including phenoxy) is 1. The lowest BCUT2D eigenvalue weighted by atomic mass is 10.1. The summed E-state index contributed by atoms with van der Waals surface area (Å²) in [6.07, 6.45) is 0. The highest BCUT2D eigenvalue weighted by Gasteiger charge is 2.36. The fourth-order valence-electron chi connectivity index (χ4n) is 1.73. The number of carboxylic acid groups (broad SMARTS) is 1. The highest BCUT2D eigenvalue weighted by atomic mass is 16.5. The van der Waals surface area contributed by atoms with E-state index in [4.69, 9.17) is 9.84 Å². The number of nitrogens with zero attached hydrogens (tertiary/aromatic N) is 1. The number of amides is 1. The Morgan fingerprint density at radius 1 is 1.41 bits per heavy atom.